The number of rotatable bonds is 2. The number of fused-ring (bicyclic) bond motifs is 2. The van der Waals surface area contributed by atoms with Gasteiger partial charge < -0.3 is 4.74 Å². The van der Waals surface area contributed by atoms with E-state index in [1.54, 1.807) is 6.92 Å². The van der Waals surface area contributed by atoms with Crippen molar-refractivity contribution in [2.24, 2.45) is 11.8 Å². The third-order valence-corrected chi connectivity index (χ3v) is 2.73. The molecule has 0 radical (unpaired) electrons. The van der Waals surface area contributed by atoms with Crippen molar-refractivity contribution in [3.8, 4) is 6.07 Å². The first-order valence-electron chi connectivity index (χ1n) is 4.77. The van der Waals surface area contributed by atoms with Crippen LogP contribution in [0.2, 0.25) is 0 Å². The molecule has 72 valence electrons. The molecule has 0 saturated carbocycles. The number of hydrogen-bond donors (Lipinski definition) is 0. The maximum atomic E-state index is 11.5. The summed E-state index contributed by atoms with van der Waals surface area (Å²) in [5.74, 6) is -0.0426. The van der Waals surface area contributed by atoms with Gasteiger partial charge in [0.2, 0.25) is 0 Å². The quantitative estimate of drug-likeness (QED) is 0.489. The average molecular weight is 189 g/mol. The third-order valence-electron chi connectivity index (χ3n) is 2.73. The molecule has 0 N–H and O–H groups in total. The highest BCUT2D eigenvalue weighted by molar-refractivity contribution is 5.92. The number of ether oxygens (including phenoxy) is 1. The Hall–Kier alpha value is -1.56. The molecule has 0 aliphatic heterocycles. The maximum Gasteiger partial charge on any atom is 0.335 e. The Morgan fingerprint density at radius 2 is 2.36 bits per heavy atom. The predicted octanol–water partition coefficient (Wildman–Crippen LogP) is 1.58. The molecule has 0 spiro atoms. The minimum absolute atomic E-state index is 0.119. The van der Waals surface area contributed by atoms with E-state index in [-0.39, 0.29) is 17.8 Å². The second-order valence-corrected chi connectivity index (χ2v) is 3.49. The van der Waals surface area contributed by atoms with Crippen LogP contribution in [-0.2, 0) is 9.53 Å². The summed E-state index contributed by atoms with van der Waals surface area (Å²) in [6.07, 6.45) is 4.88. The fraction of sp³-hybridized carbons (Fsp3) is 0.455. The van der Waals surface area contributed by atoms with Crippen LogP contribution in [0.1, 0.15) is 13.3 Å². The lowest BCUT2D eigenvalue weighted by molar-refractivity contribution is -0.138. The van der Waals surface area contributed by atoms with Crippen molar-refractivity contribution in [2.75, 3.05) is 6.61 Å². The van der Waals surface area contributed by atoms with E-state index in [9.17, 15) is 4.79 Å². The smallest absolute Gasteiger partial charge is 0.335 e. The maximum absolute atomic E-state index is 11.5. The van der Waals surface area contributed by atoms with Crippen molar-refractivity contribution in [3.05, 3.63) is 23.3 Å². The third kappa shape index (κ3) is 1.15. The molecule has 2 unspecified atom stereocenters. The van der Waals surface area contributed by atoms with E-state index in [0.29, 0.717) is 17.8 Å². The number of nitrogens with zero attached hydrogens (tertiary/aromatic N) is 1. The highest BCUT2D eigenvalue weighted by Crippen LogP contribution is 2.43. The van der Waals surface area contributed by atoms with E-state index in [4.69, 9.17) is 10.00 Å². The summed E-state index contributed by atoms with van der Waals surface area (Å²) in [6.45, 7) is 2.13. The Morgan fingerprint density at radius 3 is 3.00 bits per heavy atom. The second kappa shape index (κ2) is 3.30. The van der Waals surface area contributed by atoms with Crippen molar-refractivity contribution >= 4 is 5.97 Å². The summed E-state index contributed by atoms with van der Waals surface area (Å²) in [7, 11) is 0. The molecular formula is C11H11NO2. The molecule has 2 bridgehead atoms. The summed E-state index contributed by atoms with van der Waals surface area (Å²) in [5.41, 5.74) is 1.19. The molecule has 2 rings (SSSR count). The number of nitriles is 1. The molecule has 0 aromatic heterocycles. The average Bonchev–Trinajstić information content (AvgIpc) is 2.76. The van der Waals surface area contributed by atoms with Gasteiger partial charge in [-0.15, -0.1) is 0 Å². The van der Waals surface area contributed by atoms with Gasteiger partial charge in [-0.2, -0.15) is 5.26 Å². The molecule has 2 atom stereocenters. The molecular weight excluding hydrogens is 178 g/mol. The molecule has 0 fully saturated rings. The van der Waals surface area contributed by atoms with E-state index in [2.05, 4.69) is 6.07 Å². The molecule has 14 heavy (non-hydrogen) atoms. The zero-order chi connectivity index (χ0) is 10.1. The van der Waals surface area contributed by atoms with Crippen LogP contribution >= 0.6 is 0 Å². The highest BCUT2D eigenvalue weighted by atomic mass is 16.5. The van der Waals surface area contributed by atoms with Crippen molar-refractivity contribution < 1.29 is 9.53 Å². The van der Waals surface area contributed by atoms with Crippen LogP contribution in [0, 0.1) is 23.2 Å². The van der Waals surface area contributed by atoms with Crippen molar-refractivity contribution in [3.63, 3.8) is 0 Å². The Balaban J connectivity index is 2.29. The van der Waals surface area contributed by atoms with Gasteiger partial charge in [0.1, 0.15) is 0 Å². The van der Waals surface area contributed by atoms with Crippen LogP contribution in [0.25, 0.3) is 0 Å². The largest absolute Gasteiger partial charge is 0.463 e. The summed E-state index contributed by atoms with van der Waals surface area (Å²) >= 11 is 0. The number of carbonyl (C=O) groups excluding carboxylic acids is 1. The van der Waals surface area contributed by atoms with Gasteiger partial charge in [-0.05, 0) is 13.3 Å². The van der Waals surface area contributed by atoms with Crippen LogP contribution in [0.3, 0.4) is 0 Å². The summed E-state index contributed by atoms with van der Waals surface area (Å²) in [4.78, 5) is 11.5. The summed E-state index contributed by atoms with van der Waals surface area (Å²) in [6, 6.07) is 2.11. The van der Waals surface area contributed by atoms with Gasteiger partial charge in [0.25, 0.3) is 0 Å². The van der Waals surface area contributed by atoms with E-state index >= 15 is 0 Å². The Bertz CT molecular complexity index is 373. The van der Waals surface area contributed by atoms with Gasteiger partial charge >= 0.3 is 5.97 Å². The van der Waals surface area contributed by atoms with E-state index in [1.807, 2.05) is 12.2 Å². The molecule has 0 aromatic carbocycles. The van der Waals surface area contributed by atoms with Gasteiger partial charge in [0, 0.05) is 17.4 Å². The standard InChI is InChI=1S/C11H11NO2/c1-2-14-11(13)10-8-4-3-7(5-8)9(10)6-12/h3-4,7-8H,2,5H2,1H3. The number of esters is 1. The molecule has 0 saturated heterocycles. The van der Waals surface area contributed by atoms with Gasteiger partial charge in [-0.25, -0.2) is 4.79 Å². The summed E-state index contributed by atoms with van der Waals surface area (Å²) in [5, 5.41) is 8.93. The summed E-state index contributed by atoms with van der Waals surface area (Å²) < 4.78 is 4.93. The minimum atomic E-state index is -0.319. The molecule has 0 aromatic rings. The van der Waals surface area contributed by atoms with Gasteiger partial charge in [0.05, 0.1) is 18.2 Å². The number of hydrogen-bond acceptors (Lipinski definition) is 3. The molecule has 2 aliphatic rings. The fourth-order valence-corrected chi connectivity index (χ4v) is 2.14. The molecule has 2 aliphatic carbocycles. The highest BCUT2D eigenvalue weighted by Gasteiger charge is 2.39. The van der Waals surface area contributed by atoms with Crippen LogP contribution in [0.5, 0.6) is 0 Å². The van der Waals surface area contributed by atoms with Crippen LogP contribution in [-0.4, -0.2) is 12.6 Å². The lowest BCUT2D eigenvalue weighted by Gasteiger charge is -2.09. The predicted molar refractivity (Wildman–Crippen MR) is 50.0 cm³/mol. The first-order chi connectivity index (χ1) is 6.77. The van der Waals surface area contributed by atoms with E-state index in [0.717, 1.165) is 6.42 Å². The van der Waals surface area contributed by atoms with Gasteiger partial charge in [-0.1, -0.05) is 12.2 Å². The molecule has 0 amide bonds. The lowest BCUT2D eigenvalue weighted by Crippen LogP contribution is -2.13. The molecule has 3 nitrogen and oxygen atoms in total. The number of carbonyl (C=O) groups is 1. The van der Waals surface area contributed by atoms with Crippen LogP contribution < -0.4 is 0 Å². The van der Waals surface area contributed by atoms with Crippen LogP contribution in [0.4, 0.5) is 0 Å². The minimum Gasteiger partial charge on any atom is -0.463 e. The second-order valence-electron chi connectivity index (χ2n) is 3.49. The van der Waals surface area contributed by atoms with E-state index < -0.39 is 0 Å². The van der Waals surface area contributed by atoms with Crippen molar-refractivity contribution in [1.29, 1.82) is 5.26 Å². The normalized spacial score (nSPS) is 28.0. The SMILES string of the molecule is CCOC(=O)C1=C(C#N)C2C=CC1C2. The van der Waals surface area contributed by atoms with Gasteiger partial charge in [0.15, 0.2) is 0 Å². The Morgan fingerprint density at radius 1 is 1.64 bits per heavy atom. The zero-order valence-electron chi connectivity index (χ0n) is 7.99. The van der Waals surface area contributed by atoms with Gasteiger partial charge in [-0.3, -0.25) is 0 Å². The zero-order valence-corrected chi connectivity index (χ0v) is 7.99. The first kappa shape index (κ1) is 9.01. The lowest BCUT2D eigenvalue weighted by atomic mass is 9.98. The fourth-order valence-electron chi connectivity index (χ4n) is 2.14. The van der Waals surface area contributed by atoms with Crippen molar-refractivity contribution in [2.45, 2.75) is 13.3 Å². The molecule has 0 heterocycles. The van der Waals surface area contributed by atoms with Crippen molar-refractivity contribution in [1.82, 2.24) is 0 Å². The molecule has 3 heteroatoms. The van der Waals surface area contributed by atoms with Crippen LogP contribution in [0.15, 0.2) is 23.3 Å². The Kier molecular flexibility index (Phi) is 2.12. The van der Waals surface area contributed by atoms with E-state index in [1.165, 1.54) is 0 Å². The Labute approximate surface area is 82.7 Å². The number of allylic oxidation sites excluding steroid dienone is 3. The monoisotopic (exact) mass is 189 g/mol. The topological polar surface area (TPSA) is 50.1 Å². The first-order valence-corrected chi connectivity index (χ1v) is 4.77.